The molecule has 8 heteroatoms. The van der Waals surface area contributed by atoms with Crippen molar-refractivity contribution >= 4 is 46.0 Å². The third-order valence-electron chi connectivity index (χ3n) is 4.67. The first-order chi connectivity index (χ1) is 14.5. The first-order valence-electron chi connectivity index (χ1n) is 9.18. The number of hydrogen-bond donors (Lipinski definition) is 1. The Bertz CT molecular complexity index is 1120. The molecule has 1 amide bonds. The molecule has 4 rings (SSSR count). The third kappa shape index (κ3) is 3.44. The second-order valence-electron chi connectivity index (χ2n) is 6.43. The molecule has 0 radical (unpaired) electrons. The van der Waals surface area contributed by atoms with E-state index >= 15 is 0 Å². The zero-order valence-electron chi connectivity index (χ0n) is 15.9. The zero-order chi connectivity index (χ0) is 21.3. The van der Waals surface area contributed by atoms with E-state index in [-0.39, 0.29) is 18.0 Å². The first kappa shape index (κ1) is 20.1. The van der Waals surface area contributed by atoms with E-state index in [4.69, 9.17) is 4.74 Å². The molecule has 0 spiro atoms. The monoisotopic (exact) mass is 439 g/mol. The minimum Gasteiger partial charge on any atom is -0.503 e. The van der Waals surface area contributed by atoms with Gasteiger partial charge in [0.2, 0.25) is 5.78 Å². The summed E-state index contributed by atoms with van der Waals surface area (Å²) in [6.45, 7) is 1.99. The number of carbonyl (C=O) groups is 3. The van der Waals surface area contributed by atoms with Crippen LogP contribution in [0.3, 0.4) is 0 Å². The summed E-state index contributed by atoms with van der Waals surface area (Å²) in [6.07, 6.45) is 0. The first-order valence-corrected chi connectivity index (χ1v) is 10.9. The van der Waals surface area contributed by atoms with Gasteiger partial charge in [-0.15, -0.1) is 22.7 Å². The summed E-state index contributed by atoms with van der Waals surface area (Å²) in [6, 6.07) is 12.6. The molecule has 2 aromatic heterocycles. The van der Waals surface area contributed by atoms with Crippen LogP contribution >= 0.6 is 22.7 Å². The van der Waals surface area contributed by atoms with Crippen LogP contribution in [0.4, 0.5) is 5.69 Å². The van der Waals surface area contributed by atoms with Gasteiger partial charge >= 0.3 is 5.97 Å². The summed E-state index contributed by atoms with van der Waals surface area (Å²) in [5.41, 5.74) is 0.873. The molecule has 1 N–H and O–H groups in total. The van der Waals surface area contributed by atoms with Crippen LogP contribution in [0.1, 0.15) is 37.9 Å². The lowest BCUT2D eigenvalue weighted by atomic mass is 10.0. The summed E-state index contributed by atoms with van der Waals surface area (Å²) in [5.74, 6) is -2.04. The highest BCUT2D eigenvalue weighted by molar-refractivity contribution is 7.12. The second kappa shape index (κ2) is 8.25. The smallest absolute Gasteiger partial charge is 0.338 e. The van der Waals surface area contributed by atoms with Crippen molar-refractivity contribution in [2.75, 3.05) is 11.5 Å². The van der Waals surface area contributed by atoms with Gasteiger partial charge in [0.1, 0.15) is 6.04 Å². The summed E-state index contributed by atoms with van der Waals surface area (Å²) in [7, 11) is 0. The van der Waals surface area contributed by atoms with Crippen molar-refractivity contribution in [1.82, 2.24) is 0 Å². The summed E-state index contributed by atoms with van der Waals surface area (Å²) in [4.78, 5) is 40.6. The molecule has 0 saturated carbocycles. The number of ketones is 1. The Balaban J connectivity index is 1.76. The van der Waals surface area contributed by atoms with Crippen molar-refractivity contribution in [3.63, 3.8) is 0 Å². The van der Waals surface area contributed by atoms with Gasteiger partial charge in [0.05, 0.1) is 22.6 Å². The number of Topliss-reactive ketones (excluding diaryl/α,β-unsaturated/α-hetero) is 1. The summed E-state index contributed by atoms with van der Waals surface area (Å²) in [5, 5.41) is 14.3. The van der Waals surface area contributed by atoms with E-state index in [0.29, 0.717) is 16.1 Å². The number of ether oxygens (including phenoxy) is 1. The van der Waals surface area contributed by atoms with Crippen molar-refractivity contribution in [2.24, 2.45) is 0 Å². The molecule has 0 bridgehead atoms. The molecule has 3 heterocycles. The van der Waals surface area contributed by atoms with Crippen molar-refractivity contribution in [2.45, 2.75) is 13.0 Å². The number of anilines is 1. The number of carbonyl (C=O) groups excluding carboxylic acids is 3. The number of nitrogens with zero attached hydrogens (tertiary/aromatic N) is 1. The van der Waals surface area contributed by atoms with Gasteiger partial charge in [0.25, 0.3) is 5.91 Å². The lowest BCUT2D eigenvalue weighted by Gasteiger charge is -2.25. The molecular formula is C22H17NO5S2. The van der Waals surface area contributed by atoms with Gasteiger partial charge < -0.3 is 9.84 Å². The number of aliphatic hydroxyl groups is 1. The number of amides is 1. The highest BCUT2D eigenvalue weighted by Crippen LogP contribution is 2.43. The van der Waals surface area contributed by atoms with Crippen LogP contribution < -0.4 is 4.90 Å². The SMILES string of the molecule is CCOC(=O)c1ccc(N2C(=O)C(O)=C(C(=O)c3cccs3)C2c2cccs2)cc1. The van der Waals surface area contributed by atoms with E-state index in [2.05, 4.69) is 0 Å². The average Bonchev–Trinajstić information content (AvgIpc) is 3.50. The molecule has 6 nitrogen and oxygen atoms in total. The van der Waals surface area contributed by atoms with Crippen molar-refractivity contribution in [3.05, 3.63) is 85.9 Å². The van der Waals surface area contributed by atoms with Gasteiger partial charge in [-0.05, 0) is 54.1 Å². The maximum atomic E-state index is 13.1. The van der Waals surface area contributed by atoms with E-state index in [1.165, 1.54) is 27.6 Å². The predicted molar refractivity (Wildman–Crippen MR) is 115 cm³/mol. The standard InChI is InChI=1S/C22H17NO5S2/c1-2-28-22(27)13-7-9-14(10-8-13)23-18(15-5-3-11-29-15)17(20(25)21(23)26)19(24)16-6-4-12-30-16/h3-12,18,25H,2H2,1H3. The van der Waals surface area contributed by atoms with E-state index in [1.807, 2.05) is 17.5 Å². The molecule has 1 aliphatic rings. The highest BCUT2D eigenvalue weighted by Gasteiger charge is 2.45. The summed E-state index contributed by atoms with van der Waals surface area (Å²) < 4.78 is 4.99. The molecule has 0 fully saturated rings. The Morgan fingerprint density at radius 1 is 1.07 bits per heavy atom. The summed E-state index contributed by atoms with van der Waals surface area (Å²) >= 11 is 2.65. The van der Waals surface area contributed by atoms with Crippen LogP contribution in [0.15, 0.2) is 70.6 Å². The Morgan fingerprint density at radius 3 is 2.37 bits per heavy atom. The van der Waals surface area contributed by atoms with Gasteiger partial charge in [-0.3, -0.25) is 14.5 Å². The van der Waals surface area contributed by atoms with Gasteiger partial charge in [0.15, 0.2) is 5.76 Å². The van der Waals surface area contributed by atoms with E-state index in [0.717, 1.165) is 4.88 Å². The van der Waals surface area contributed by atoms with Crippen LogP contribution in [0, 0.1) is 0 Å². The van der Waals surface area contributed by atoms with Gasteiger partial charge in [0, 0.05) is 10.6 Å². The van der Waals surface area contributed by atoms with Crippen LogP contribution in [-0.2, 0) is 9.53 Å². The average molecular weight is 440 g/mol. The number of rotatable bonds is 6. The van der Waals surface area contributed by atoms with Crippen LogP contribution in [0.5, 0.6) is 0 Å². The lowest BCUT2D eigenvalue weighted by Crippen LogP contribution is -2.30. The Morgan fingerprint density at radius 2 is 1.77 bits per heavy atom. The number of esters is 1. The van der Waals surface area contributed by atoms with Crippen LogP contribution in [0.25, 0.3) is 0 Å². The van der Waals surface area contributed by atoms with Crippen molar-refractivity contribution in [3.8, 4) is 0 Å². The topological polar surface area (TPSA) is 83.9 Å². The highest BCUT2D eigenvalue weighted by atomic mass is 32.1. The van der Waals surface area contributed by atoms with E-state index in [1.54, 1.807) is 48.7 Å². The number of hydrogen-bond acceptors (Lipinski definition) is 7. The van der Waals surface area contributed by atoms with E-state index in [9.17, 15) is 19.5 Å². The molecule has 3 aromatic rings. The fraction of sp³-hybridized carbons (Fsp3) is 0.136. The minimum atomic E-state index is -0.749. The maximum absolute atomic E-state index is 13.1. The fourth-order valence-electron chi connectivity index (χ4n) is 3.33. The molecule has 152 valence electrons. The van der Waals surface area contributed by atoms with Crippen molar-refractivity contribution < 1.29 is 24.2 Å². The minimum absolute atomic E-state index is 0.0550. The number of benzene rings is 1. The number of thiophene rings is 2. The molecular weight excluding hydrogens is 422 g/mol. The zero-order valence-corrected chi connectivity index (χ0v) is 17.5. The predicted octanol–water partition coefficient (Wildman–Crippen LogP) is 4.77. The molecule has 1 atom stereocenters. The molecule has 1 unspecified atom stereocenters. The quantitative estimate of drug-likeness (QED) is 0.442. The Kier molecular flexibility index (Phi) is 5.52. The molecule has 1 aliphatic heterocycles. The lowest BCUT2D eigenvalue weighted by molar-refractivity contribution is -0.117. The third-order valence-corrected chi connectivity index (χ3v) is 6.46. The number of aliphatic hydroxyl groups excluding tert-OH is 1. The molecule has 0 saturated heterocycles. The normalized spacial score (nSPS) is 16.2. The van der Waals surface area contributed by atoms with Gasteiger partial charge in [-0.2, -0.15) is 0 Å². The molecule has 30 heavy (non-hydrogen) atoms. The van der Waals surface area contributed by atoms with Gasteiger partial charge in [-0.25, -0.2) is 4.79 Å². The van der Waals surface area contributed by atoms with Gasteiger partial charge in [-0.1, -0.05) is 12.1 Å². The molecule has 1 aromatic carbocycles. The fourth-order valence-corrected chi connectivity index (χ4v) is 4.83. The Labute approximate surface area is 180 Å². The van der Waals surface area contributed by atoms with Crippen LogP contribution in [-0.4, -0.2) is 29.4 Å². The van der Waals surface area contributed by atoms with Crippen LogP contribution in [0.2, 0.25) is 0 Å². The van der Waals surface area contributed by atoms with E-state index < -0.39 is 23.7 Å². The Hall–Kier alpha value is -3.23. The van der Waals surface area contributed by atoms with Crippen molar-refractivity contribution in [1.29, 1.82) is 0 Å². The largest absolute Gasteiger partial charge is 0.503 e. The molecule has 0 aliphatic carbocycles. The maximum Gasteiger partial charge on any atom is 0.338 e. The second-order valence-corrected chi connectivity index (χ2v) is 8.36.